The Bertz CT molecular complexity index is 1070. The van der Waals surface area contributed by atoms with Crippen LogP contribution in [-0.2, 0) is 24.1 Å². The van der Waals surface area contributed by atoms with Crippen molar-refractivity contribution in [2.24, 2.45) is 11.1 Å². The van der Waals surface area contributed by atoms with E-state index in [0.29, 0.717) is 12.1 Å². The topological polar surface area (TPSA) is 83.0 Å². The van der Waals surface area contributed by atoms with E-state index in [-0.39, 0.29) is 6.42 Å². The fourth-order valence-electron chi connectivity index (χ4n) is 4.57. The number of furan rings is 1. The summed E-state index contributed by atoms with van der Waals surface area (Å²) in [6.07, 6.45) is 7.76. The molecule has 162 valence electrons. The summed E-state index contributed by atoms with van der Waals surface area (Å²) in [6, 6.07) is 16.0. The Hall–Kier alpha value is -3.08. The summed E-state index contributed by atoms with van der Waals surface area (Å²) >= 11 is 0. The van der Waals surface area contributed by atoms with Crippen molar-refractivity contribution < 1.29 is 19.5 Å². The summed E-state index contributed by atoms with van der Waals surface area (Å²) in [7, 11) is 0. The molecule has 0 bridgehead atoms. The van der Waals surface area contributed by atoms with Crippen molar-refractivity contribution in [2.75, 3.05) is 0 Å². The predicted octanol–water partition coefficient (Wildman–Crippen LogP) is 5.99. The number of rotatable bonds is 9. The van der Waals surface area contributed by atoms with Crippen LogP contribution in [0.15, 0.2) is 58.1 Å². The van der Waals surface area contributed by atoms with Crippen LogP contribution in [-0.4, -0.2) is 22.0 Å². The Morgan fingerprint density at radius 1 is 1.06 bits per heavy atom. The Kier molecular flexibility index (Phi) is 6.70. The number of hydrogen-bond acceptors (Lipinski definition) is 4. The first-order valence-corrected chi connectivity index (χ1v) is 11.2. The molecule has 3 aromatic rings. The monoisotopic (exact) mass is 419 g/mol. The molecule has 0 spiro atoms. The highest BCUT2D eigenvalue weighted by molar-refractivity contribution is 6.04. The van der Waals surface area contributed by atoms with E-state index < -0.39 is 11.9 Å². The highest BCUT2D eigenvalue weighted by atomic mass is 16.4. The van der Waals surface area contributed by atoms with E-state index in [9.17, 15) is 15.1 Å². The number of nitrogens with zero attached hydrogens (tertiary/aromatic N) is 1. The number of carboxylic acid groups (broad SMARTS) is 1. The molecule has 5 heteroatoms. The first-order valence-electron chi connectivity index (χ1n) is 11.2. The zero-order chi connectivity index (χ0) is 21.6. The summed E-state index contributed by atoms with van der Waals surface area (Å²) in [4.78, 5) is 11.8. The highest BCUT2D eigenvalue weighted by Gasteiger charge is 2.23. The Balaban J connectivity index is 1.41. The van der Waals surface area contributed by atoms with Crippen molar-refractivity contribution in [2.45, 2.75) is 57.8 Å². The number of carbonyl (C=O) groups is 1. The van der Waals surface area contributed by atoms with Crippen LogP contribution in [0.3, 0.4) is 0 Å². The minimum atomic E-state index is -0.851. The van der Waals surface area contributed by atoms with Crippen LogP contribution in [0, 0.1) is 5.92 Å². The molecule has 0 aliphatic heterocycles. The lowest BCUT2D eigenvalue weighted by Crippen LogP contribution is -2.19. The molecule has 1 aliphatic carbocycles. The Labute approximate surface area is 182 Å². The van der Waals surface area contributed by atoms with E-state index in [1.165, 1.54) is 17.5 Å². The number of fused-ring (bicyclic) bond motifs is 3. The smallest absolute Gasteiger partial charge is 0.306 e. The molecule has 31 heavy (non-hydrogen) atoms. The van der Waals surface area contributed by atoms with Gasteiger partial charge in [0.15, 0.2) is 0 Å². The van der Waals surface area contributed by atoms with Crippen LogP contribution < -0.4 is 0 Å². The van der Waals surface area contributed by atoms with Gasteiger partial charge in [0, 0.05) is 29.4 Å². The highest BCUT2D eigenvalue weighted by Crippen LogP contribution is 2.33. The van der Waals surface area contributed by atoms with Gasteiger partial charge in [0.2, 0.25) is 0 Å². The molecule has 1 aromatic heterocycles. The number of unbranched alkanes of at least 4 members (excludes halogenated alkanes) is 1. The van der Waals surface area contributed by atoms with Crippen LogP contribution in [0.5, 0.6) is 0 Å². The Morgan fingerprint density at radius 2 is 1.87 bits per heavy atom. The number of carboxylic acids is 1. The summed E-state index contributed by atoms with van der Waals surface area (Å²) in [5, 5.41) is 23.9. The molecule has 2 N–H and O–H groups in total. The lowest BCUT2D eigenvalue weighted by Gasteiger charge is -2.13. The normalized spacial score (nSPS) is 15.0. The van der Waals surface area contributed by atoms with Gasteiger partial charge in [-0.2, -0.15) is 0 Å². The second-order valence-electron chi connectivity index (χ2n) is 8.44. The maximum atomic E-state index is 11.8. The molecule has 0 saturated carbocycles. The number of aliphatic carboxylic acids is 1. The molecule has 5 nitrogen and oxygen atoms in total. The SMILES string of the molecule is O=C(O)C(CCCCc1ccccc1)C/C(=N/O)c1ccc2c3c(oc2c1)CCCC3. The zero-order valence-electron chi connectivity index (χ0n) is 17.7. The number of aryl methyl sites for hydroxylation is 3. The third kappa shape index (κ3) is 4.98. The van der Waals surface area contributed by atoms with Crippen molar-refractivity contribution in [1.82, 2.24) is 0 Å². The van der Waals surface area contributed by atoms with E-state index in [0.717, 1.165) is 60.8 Å². The van der Waals surface area contributed by atoms with Crippen molar-refractivity contribution in [1.29, 1.82) is 0 Å². The van der Waals surface area contributed by atoms with Crippen LogP contribution in [0.1, 0.15) is 61.0 Å². The average Bonchev–Trinajstić information content (AvgIpc) is 3.17. The Morgan fingerprint density at radius 3 is 2.65 bits per heavy atom. The van der Waals surface area contributed by atoms with Gasteiger partial charge in [0.05, 0.1) is 11.6 Å². The third-order valence-corrected chi connectivity index (χ3v) is 6.31. The molecular formula is C26H29NO4. The van der Waals surface area contributed by atoms with Gasteiger partial charge in [0.25, 0.3) is 0 Å². The van der Waals surface area contributed by atoms with Crippen LogP contribution in [0.4, 0.5) is 0 Å². The van der Waals surface area contributed by atoms with Gasteiger partial charge in [-0.25, -0.2) is 0 Å². The summed E-state index contributed by atoms with van der Waals surface area (Å²) in [5.41, 5.74) is 4.46. The maximum Gasteiger partial charge on any atom is 0.306 e. The van der Waals surface area contributed by atoms with Crippen molar-refractivity contribution >= 4 is 22.7 Å². The minimum absolute atomic E-state index is 0.198. The average molecular weight is 420 g/mol. The molecule has 0 fully saturated rings. The van der Waals surface area contributed by atoms with Gasteiger partial charge in [-0.1, -0.05) is 54.0 Å². The molecule has 0 radical (unpaired) electrons. The van der Waals surface area contributed by atoms with Crippen LogP contribution in [0.25, 0.3) is 11.0 Å². The van der Waals surface area contributed by atoms with Crippen molar-refractivity contribution in [3.63, 3.8) is 0 Å². The fraction of sp³-hybridized carbons (Fsp3) is 0.385. The number of oxime groups is 1. The largest absolute Gasteiger partial charge is 0.481 e. The molecule has 1 atom stereocenters. The molecule has 1 heterocycles. The third-order valence-electron chi connectivity index (χ3n) is 6.31. The standard InChI is InChI=1S/C26H29NO4/c28-26(29)20(11-5-4-10-18-8-2-1-3-9-18)16-23(27-30)19-14-15-22-21-12-6-7-13-24(21)31-25(22)17-19/h1-3,8-9,14-15,17,20,30H,4-7,10-13,16H2,(H,28,29)/b27-23-. The van der Waals surface area contributed by atoms with Crippen molar-refractivity contribution in [3.05, 3.63) is 71.0 Å². The fourth-order valence-corrected chi connectivity index (χ4v) is 4.57. The van der Waals surface area contributed by atoms with E-state index in [1.807, 2.05) is 36.4 Å². The van der Waals surface area contributed by atoms with Crippen LogP contribution in [0.2, 0.25) is 0 Å². The zero-order valence-corrected chi connectivity index (χ0v) is 17.7. The first kappa shape index (κ1) is 21.2. The predicted molar refractivity (Wildman–Crippen MR) is 121 cm³/mol. The van der Waals surface area contributed by atoms with Crippen LogP contribution >= 0.6 is 0 Å². The summed E-state index contributed by atoms with van der Waals surface area (Å²) < 4.78 is 6.05. The van der Waals surface area contributed by atoms with Crippen molar-refractivity contribution in [3.8, 4) is 0 Å². The molecular weight excluding hydrogens is 390 g/mol. The van der Waals surface area contributed by atoms with Gasteiger partial charge in [-0.3, -0.25) is 4.79 Å². The van der Waals surface area contributed by atoms with E-state index in [1.54, 1.807) is 0 Å². The van der Waals surface area contributed by atoms with E-state index in [2.05, 4.69) is 17.3 Å². The lowest BCUT2D eigenvalue weighted by atomic mass is 9.91. The second kappa shape index (κ2) is 9.82. The maximum absolute atomic E-state index is 11.8. The van der Waals surface area contributed by atoms with Gasteiger partial charge in [-0.15, -0.1) is 0 Å². The first-order chi connectivity index (χ1) is 15.2. The molecule has 4 rings (SSSR count). The van der Waals surface area contributed by atoms with Gasteiger partial charge in [0.1, 0.15) is 11.3 Å². The molecule has 2 aromatic carbocycles. The van der Waals surface area contributed by atoms with Gasteiger partial charge < -0.3 is 14.7 Å². The molecule has 1 unspecified atom stereocenters. The van der Waals surface area contributed by atoms with Gasteiger partial charge >= 0.3 is 5.97 Å². The van der Waals surface area contributed by atoms with Gasteiger partial charge in [-0.05, 0) is 50.2 Å². The number of benzene rings is 2. The minimum Gasteiger partial charge on any atom is -0.481 e. The molecule has 0 saturated heterocycles. The lowest BCUT2D eigenvalue weighted by molar-refractivity contribution is -0.141. The molecule has 0 amide bonds. The number of hydrogen-bond donors (Lipinski definition) is 2. The summed E-state index contributed by atoms with van der Waals surface area (Å²) in [5.74, 6) is -0.375. The van der Waals surface area contributed by atoms with E-state index in [4.69, 9.17) is 4.42 Å². The summed E-state index contributed by atoms with van der Waals surface area (Å²) in [6.45, 7) is 0. The van der Waals surface area contributed by atoms with E-state index >= 15 is 0 Å². The molecule has 1 aliphatic rings. The quantitative estimate of drug-likeness (QED) is 0.193. The second-order valence-corrected chi connectivity index (χ2v) is 8.44.